The number of hydrogen-bond acceptors (Lipinski definition) is 6. The SMILES string of the molecule is COc1cc(OC)c2c(=O)cc(-c3ccccc3Cl)oc2c1[C@H]1CCN(C)C[C@@H]1O. The Morgan fingerprint density at radius 2 is 1.90 bits per heavy atom. The summed E-state index contributed by atoms with van der Waals surface area (Å²) in [7, 11) is 5.03. The zero-order chi connectivity index (χ0) is 21.4. The zero-order valence-corrected chi connectivity index (χ0v) is 17.9. The van der Waals surface area contributed by atoms with E-state index in [-0.39, 0.29) is 11.3 Å². The lowest BCUT2D eigenvalue weighted by molar-refractivity contribution is 0.0630. The fourth-order valence-corrected chi connectivity index (χ4v) is 4.43. The van der Waals surface area contributed by atoms with Crippen molar-refractivity contribution in [3.05, 3.63) is 57.2 Å². The lowest BCUT2D eigenvalue weighted by Crippen LogP contribution is -2.40. The van der Waals surface area contributed by atoms with Gasteiger partial charge < -0.3 is 23.9 Å². The Morgan fingerprint density at radius 3 is 2.57 bits per heavy atom. The number of hydrogen-bond donors (Lipinski definition) is 1. The lowest BCUT2D eigenvalue weighted by Gasteiger charge is -2.34. The third kappa shape index (κ3) is 3.55. The Balaban J connectivity index is 2.04. The number of halogens is 1. The van der Waals surface area contributed by atoms with Crippen molar-refractivity contribution in [3.63, 3.8) is 0 Å². The summed E-state index contributed by atoms with van der Waals surface area (Å²) in [6.07, 6.45) is 0.0821. The van der Waals surface area contributed by atoms with Gasteiger partial charge in [0.2, 0.25) is 0 Å². The van der Waals surface area contributed by atoms with Gasteiger partial charge in [-0.2, -0.15) is 0 Å². The van der Waals surface area contributed by atoms with Crippen LogP contribution in [0.5, 0.6) is 11.5 Å². The molecule has 7 heteroatoms. The normalized spacial score (nSPS) is 19.8. The summed E-state index contributed by atoms with van der Waals surface area (Å²) in [6.45, 7) is 1.34. The van der Waals surface area contributed by atoms with Crippen LogP contribution in [0.3, 0.4) is 0 Å². The molecule has 2 atom stereocenters. The van der Waals surface area contributed by atoms with E-state index in [9.17, 15) is 9.90 Å². The smallest absolute Gasteiger partial charge is 0.197 e. The maximum absolute atomic E-state index is 13.1. The van der Waals surface area contributed by atoms with Crippen LogP contribution in [-0.4, -0.2) is 50.5 Å². The molecule has 1 aromatic heterocycles. The number of nitrogens with zero attached hydrogens (tertiary/aromatic N) is 1. The third-order valence-corrected chi connectivity index (χ3v) is 6.03. The molecule has 2 heterocycles. The first-order chi connectivity index (χ1) is 14.4. The highest BCUT2D eigenvalue weighted by Gasteiger charge is 2.33. The minimum Gasteiger partial charge on any atom is -0.496 e. The van der Waals surface area contributed by atoms with Crippen molar-refractivity contribution in [2.45, 2.75) is 18.4 Å². The molecule has 0 saturated carbocycles. The van der Waals surface area contributed by atoms with Gasteiger partial charge in [0, 0.05) is 35.7 Å². The van der Waals surface area contributed by atoms with Gasteiger partial charge in [0.1, 0.15) is 28.2 Å². The molecule has 0 amide bonds. The molecule has 1 aliphatic rings. The molecule has 30 heavy (non-hydrogen) atoms. The van der Waals surface area contributed by atoms with Crippen LogP contribution in [-0.2, 0) is 0 Å². The molecule has 0 aliphatic carbocycles. The molecule has 6 nitrogen and oxygen atoms in total. The van der Waals surface area contributed by atoms with Crippen LogP contribution < -0.4 is 14.9 Å². The number of β-amino-alcohol motifs (C(OH)–C–C–N with tert-alkyl or cyclic N) is 1. The van der Waals surface area contributed by atoms with Crippen molar-refractivity contribution in [3.8, 4) is 22.8 Å². The Morgan fingerprint density at radius 1 is 1.17 bits per heavy atom. The van der Waals surface area contributed by atoms with Gasteiger partial charge in [-0.1, -0.05) is 23.7 Å². The summed E-state index contributed by atoms with van der Waals surface area (Å²) in [5.41, 5.74) is 1.42. The number of likely N-dealkylation sites (N-methyl/N-ethyl adjacent to an activating group) is 1. The molecular formula is C23H24ClNO5. The lowest BCUT2D eigenvalue weighted by atomic mass is 9.85. The first-order valence-corrected chi connectivity index (χ1v) is 10.2. The summed E-state index contributed by atoms with van der Waals surface area (Å²) < 4.78 is 17.4. The fourth-order valence-electron chi connectivity index (χ4n) is 4.20. The first kappa shape index (κ1) is 20.7. The second kappa shape index (κ2) is 8.30. The van der Waals surface area contributed by atoms with Crippen LogP contribution in [0.25, 0.3) is 22.3 Å². The maximum atomic E-state index is 13.1. The Labute approximate surface area is 179 Å². The van der Waals surface area contributed by atoms with Gasteiger partial charge in [-0.15, -0.1) is 0 Å². The molecule has 2 aromatic carbocycles. The van der Waals surface area contributed by atoms with Crippen LogP contribution in [0.15, 0.2) is 45.6 Å². The number of aliphatic hydroxyl groups is 1. The number of aliphatic hydroxyl groups excluding tert-OH is 1. The predicted octanol–water partition coefficient (Wildman–Crippen LogP) is 3.91. The summed E-state index contributed by atoms with van der Waals surface area (Å²) in [5, 5.41) is 11.6. The molecule has 3 aromatic rings. The highest BCUT2D eigenvalue weighted by atomic mass is 35.5. The van der Waals surface area contributed by atoms with Crippen LogP contribution in [0.2, 0.25) is 5.02 Å². The van der Waals surface area contributed by atoms with Crippen molar-refractivity contribution in [2.24, 2.45) is 0 Å². The monoisotopic (exact) mass is 429 g/mol. The van der Waals surface area contributed by atoms with E-state index in [0.717, 1.165) is 6.54 Å². The van der Waals surface area contributed by atoms with Gasteiger partial charge in [-0.05, 0) is 32.1 Å². The van der Waals surface area contributed by atoms with Gasteiger partial charge >= 0.3 is 0 Å². The molecule has 4 rings (SSSR count). The van der Waals surface area contributed by atoms with E-state index in [0.29, 0.717) is 57.3 Å². The highest BCUT2D eigenvalue weighted by Crippen LogP contribution is 2.43. The molecule has 0 unspecified atom stereocenters. The minimum absolute atomic E-state index is 0.241. The molecule has 1 N–H and O–H groups in total. The number of methoxy groups -OCH3 is 2. The average Bonchev–Trinajstić information content (AvgIpc) is 2.73. The van der Waals surface area contributed by atoms with Gasteiger partial charge in [0.05, 0.1) is 25.3 Å². The van der Waals surface area contributed by atoms with Crippen molar-refractivity contribution >= 4 is 22.6 Å². The number of rotatable bonds is 4. The fraction of sp³-hybridized carbons (Fsp3) is 0.348. The van der Waals surface area contributed by atoms with Crippen LogP contribution >= 0.6 is 11.6 Å². The van der Waals surface area contributed by atoms with Crippen molar-refractivity contribution in [2.75, 3.05) is 34.4 Å². The Hall–Kier alpha value is -2.54. The van der Waals surface area contributed by atoms with E-state index in [4.69, 9.17) is 25.5 Å². The zero-order valence-electron chi connectivity index (χ0n) is 17.1. The van der Waals surface area contributed by atoms with E-state index in [1.54, 1.807) is 25.3 Å². The molecular weight excluding hydrogens is 406 g/mol. The average molecular weight is 430 g/mol. The number of fused-ring (bicyclic) bond motifs is 1. The van der Waals surface area contributed by atoms with Crippen molar-refractivity contribution in [1.29, 1.82) is 0 Å². The Bertz CT molecular complexity index is 1140. The highest BCUT2D eigenvalue weighted by molar-refractivity contribution is 6.33. The maximum Gasteiger partial charge on any atom is 0.197 e. The summed E-state index contributed by atoms with van der Waals surface area (Å²) in [5.74, 6) is 1.01. The minimum atomic E-state index is -0.622. The second-order valence-electron chi connectivity index (χ2n) is 7.58. The quantitative estimate of drug-likeness (QED) is 0.678. The molecule has 1 aliphatic heterocycles. The number of ether oxygens (including phenoxy) is 2. The van der Waals surface area contributed by atoms with Crippen LogP contribution in [0.1, 0.15) is 17.9 Å². The Kier molecular flexibility index (Phi) is 5.73. The summed E-state index contributed by atoms with van der Waals surface area (Å²) >= 11 is 6.35. The molecule has 0 radical (unpaired) electrons. The van der Waals surface area contributed by atoms with Gasteiger partial charge in [0.15, 0.2) is 5.43 Å². The largest absolute Gasteiger partial charge is 0.496 e. The van der Waals surface area contributed by atoms with Gasteiger partial charge in [0.25, 0.3) is 0 Å². The summed E-state index contributed by atoms with van der Waals surface area (Å²) in [4.78, 5) is 15.2. The predicted molar refractivity (Wildman–Crippen MR) is 117 cm³/mol. The second-order valence-corrected chi connectivity index (χ2v) is 7.99. The molecule has 1 saturated heterocycles. The van der Waals surface area contributed by atoms with E-state index < -0.39 is 6.10 Å². The number of benzene rings is 2. The van der Waals surface area contributed by atoms with Crippen LogP contribution in [0, 0.1) is 0 Å². The third-order valence-electron chi connectivity index (χ3n) is 5.70. The topological polar surface area (TPSA) is 72.1 Å². The standard InChI is InChI=1S/C23H24ClNO5/c1-25-9-8-14(17(27)12-25)21-19(28-2)11-20(29-3)22-16(26)10-18(30-23(21)22)13-6-4-5-7-15(13)24/h4-7,10-11,14,17,27H,8-9,12H2,1-3H3/t14-,17-/m0/s1. The van der Waals surface area contributed by atoms with Crippen molar-refractivity contribution in [1.82, 2.24) is 4.90 Å². The van der Waals surface area contributed by atoms with Crippen LogP contribution in [0.4, 0.5) is 0 Å². The van der Waals surface area contributed by atoms with E-state index in [1.807, 2.05) is 19.2 Å². The molecule has 1 fully saturated rings. The molecule has 158 valence electrons. The van der Waals surface area contributed by atoms with E-state index in [2.05, 4.69) is 4.90 Å². The number of piperidine rings is 1. The van der Waals surface area contributed by atoms with E-state index >= 15 is 0 Å². The van der Waals surface area contributed by atoms with Gasteiger partial charge in [-0.25, -0.2) is 0 Å². The number of likely N-dealkylation sites (tertiary alicyclic amines) is 1. The van der Waals surface area contributed by atoms with Crippen molar-refractivity contribution < 1.29 is 19.0 Å². The van der Waals surface area contributed by atoms with Gasteiger partial charge in [-0.3, -0.25) is 4.79 Å². The molecule has 0 spiro atoms. The first-order valence-electron chi connectivity index (χ1n) is 9.78. The van der Waals surface area contributed by atoms with E-state index in [1.165, 1.54) is 13.2 Å². The molecule has 0 bridgehead atoms. The summed E-state index contributed by atoms with van der Waals surface area (Å²) in [6, 6.07) is 10.3.